The lowest BCUT2D eigenvalue weighted by atomic mass is 9.89. The zero-order chi connectivity index (χ0) is 21.9. The third kappa shape index (κ3) is 4.07. The first-order valence-corrected chi connectivity index (χ1v) is 11.4. The Labute approximate surface area is 178 Å². The summed E-state index contributed by atoms with van der Waals surface area (Å²) in [5.41, 5.74) is 0.358. The minimum atomic E-state index is -4.07. The first-order valence-electron chi connectivity index (χ1n) is 9.93. The number of allylic oxidation sites excluding steroid dienone is 1. The van der Waals surface area contributed by atoms with Crippen LogP contribution in [-0.4, -0.2) is 21.4 Å². The summed E-state index contributed by atoms with van der Waals surface area (Å²) >= 11 is 0. The van der Waals surface area contributed by atoms with Crippen molar-refractivity contribution in [2.24, 2.45) is 17.3 Å². The molecule has 2 aromatic rings. The number of ether oxygens (including phenoxy) is 1. The van der Waals surface area contributed by atoms with Gasteiger partial charge in [0.2, 0.25) is 5.91 Å². The maximum absolute atomic E-state index is 13.1. The fourth-order valence-corrected chi connectivity index (χ4v) is 5.24. The van der Waals surface area contributed by atoms with Gasteiger partial charge in [0, 0.05) is 12.6 Å². The number of carbonyl (C=O) groups is 1. The van der Waals surface area contributed by atoms with E-state index in [0.29, 0.717) is 23.4 Å². The van der Waals surface area contributed by atoms with Gasteiger partial charge in [-0.25, -0.2) is 13.1 Å². The number of para-hydroxylation sites is 2. The second-order valence-electron chi connectivity index (χ2n) is 7.82. The minimum absolute atomic E-state index is 0.00470. The molecule has 0 aromatic heterocycles. The highest BCUT2D eigenvalue weighted by Crippen LogP contribution is 2.58. The summed E-state index contributed by atoms with van der Waals surface area (Å²) in [6, 6.07) is 14.2. The van der Waals surface area contributed by atoms with E-state index in [1.807, 2.05) is 44.2 Å². The molecule has 1 aliphatic carbocycles. The van der Waals surface area contributed by atoms with E-state index in [9.17, 15) is 13.2 Å². The monoisotopic (exact) mass is 428 g/mol. The molecule has 0 radical (unpaired) electrons. The number of rotatable bonds is 9. The third-order valence-corrected chi connectivity index (χ3v) is 7.19. The lowest BCUT2D eigenvalue weighted by Crippen LogP contribution is -2.40. The van der Waals surface area contributed by atoms with Gasteiger partial charge < -0.3 is 10.1 Å². The molecule has 0 unspecified atom stereocenters. The summed E-state index contributed by atoms with van der Waals surface area (Å²) in [5, 5.41) is 2.95. The second-order valence-corrected chi connectivity index (χ2v) is 9.47. The van der Waals surface area contributed by atoms with Gasteiger partial charge in [-0.3, -0.25) is 4.79 Å². The Balaban J connectivity index is 1.85. The summed E-state index contributed by atoms with van der Waals surface area (Å²) in [7, 11) is -2.42. The van der Waals surface area contributed by atoms with Gasteiger partial charge in [0.25, 0.3) is 10.0 Å². The number of carbonyl (C=O) groups excluding carboxylic acids is 1. The first kappa shape index (κ1) is 21.9. The van der Waals surface area contributed by atoms with Crippen molar-refractivity contribution in [2.45, 2.75) is 31.8 Å². The Bertz CT molecular complexity index is 1030. The number of sulfonamides is 1. The smallest absolute Gasteiger partial charge is 0.266 e. The van der Waals surface area contributed by atoms with E-state index in [4.69, 9.17) is 4.74 Å². The van der Waals surface area contributed by atoms with Crippen molar-refractivity contribution in [1.82, 2.24) is 4.72 Å². The molecule has 6 nitrogen and oxygen atoms in total. The fraction of sp³-hybridized carbons (Fsp3) is 0.348. The second kappa shape index (κ2) is 8.52. The normalized spacial score (nSPS) is 20.5. The highest BCUT2D eigenvalue weighted by atomic mass is 32.2. The maximum atomic E-state index is 13.1. The van der Waals surface area contributed by atoms with Crippen LogP contribution in [-0.2, 0) is 21.4 Å². The minimum Gasteiger partial charge on any atom is -0.489 e. The van der Waals surface area contributed by atoms with E-state index in [2.05, 4.69) is 16.6 Å². The van der Waals surface area contributed by atoms with Crippen LogP contribution in [0, 0.1) is 17.3 Å². The standard InChI is InChI=1S/C23H28N2O4S/c1-5-18-14-23(18,16(2)3)22(26)25-30(27,28)20-13-9-10-17(21(20)24-4)15-29-19-11-7-6-8-12-19/h5-13,16,18,24H,1,14-15H2,2-4H3,(H,25,26)/t18-,23-/m1/s1. The fourth-order valence-electron chi connectivity index (χ4n) is 3.94. The van der Waals surface area contributed by atoms with Crippen molar-refractivity contribution in [1.29, 1.82) is 0 Å². The van der Waals surface area contributed by atoms with Crippen molar-refractivity contribution < 1.29 is 17.9 Å². The molecular weight excluding hydrogens is 400 g/mol. The summed E-state index contributed by atoms with van der Waals surface area (Å²) < 4.78 is 34.3. The lowest BCUT2D eigenvalue weighted by Gasteiger charge is -2.21. The van der Waals surface area contributed by atoms with Crippen LogP contribution < -0.4 is 14.8 Å². The van der Waals surface area contributed by atoms with E-state index >= 15 is 0 Å². The average Bonchev–Trinajstić information content (AvgIpc) is 3.49. The lowest BCUT2D eigenvalue weighted by molar-refractivity contribution is -0.126. The van der Waals surface area contributed by atoms with Gasteiger partial charge in [-0.2, -0.15) is 0 Å². The molecule has 30 heavy (non-hydrogen) atoms. The van der Waals surface area contributed by atoms with Crippen LogP contribution >= 0.6 is 0 Å². The van der Waals surface area contributed by atoms with Crippen LogP contribution in [0.1, 0.15) is 25.8 Å². The Morgan fingerprint density at radius 2 is 1.93 bits per heavy atom. The highest BCUT2D eigenvalue weighted by Gasteiger charge is 2.60. The van der Waals surface area contributed by atoms with Crippen molar-refractivity contribution in [3.8, 4) is 5.75 Å². The molecule has 1 fully saturated rings. The molecule has 1 aliphatic rings. The Morgan fingerprint density at radius 3 is 2.50 bits per heavy atom. The Hall–Kier alpha value is -2.80. The maximum Gasteiger partial charge on any atom is 0.266 e. The molecule has 7 heteroatoms. The van der Waals surface area contributed by atoms with Crippen molar-refractivity contribution in [3.63, 3.8) is 0 Å². The molecule has 0 aliphatic heterocycles. The van der Waals surface area contributed by atoms with Gasteiger partial charge in [-0.1, -0.05) is 50.3 Å². The van der Waals surface area contributed by atoms with Gasteiger partial charge in [0.15, 0.2) is 0 Å². The molecule has 0 spiro atoms. The van der Waals surface area contributed by atoms with Crippen molar-refractivity contribution in [2.75, 3.05) is 12.4 Å². The summed E-state index contributed by atoms with van der Waals surface area (Å²) in [4.78, 5) is 13.0. The van der Waals surface area contributed by atoms with E-state index in [-0.39, 0.29) is 23.3 Å². The Morgan fingerprint density at radius 1 is 1.23 bits per heavy atom. The van der Waals surface area contributed by atoms with Gasteiger partial charge in [0.05, 0.1) is 11.1 Å². The molecule has 1 saturated carbocycles. The average molecular weight is 429 g/mol. The van der Waals surface area contributed by atoms with E-state index in [1.54, 1.807) is 25.3 Å². The summed E-state index contributed by atoms with van der Waals surface area (Å²) in [6.45, 7) is 7.81. The molecule has 0 bridgehead atoms. The molecule has 0 heterocycles. The van der Waals surface area contributed by atoms with Crippen LogP contribution in [0.5, 0.6) is 5.75 Å². The van der Waals surface area contributed by atoms with Gasteiger partial charge in [-0.05, 0) is 36.5 Å². The van der Waals surface area contributed by atoms with E-state index < -0.39 is 21.3 Å². The zero-order valence-electron chi connectivity index (χ0n) is 17.5. The summed E-state index contributed by atoms with van der Waals surface area (Å²) in [5.74, 6) is 0.201. The van der Waals surface area contributed by atoms with Gasteiger partial charge >= 0.3 is 0 Å². The number of hydrogen-bond donors (Lipinski definition) is 2. The number of benzene rings is 2. The number of anilines is 1. The predicted molar refractivity (Wildman–Crippen MR) is 118 cm³/mol. The predicted octanol–water partition coefficient (Wildman–Crippen LogP) is 3.96. The SMILES string of the molecule is C=C[C@@H]1C[C@@]1(C(=O)NS(=O)(=O)c1cccc(COc2ccccc2)c1NC)C(C)C. The molecule has 2 N–H and O–H groups in total. The van der Waals surface area contributed by atoms with E-state index in [0.717, 1.165) is 0 Å². The molecule has 2 aromatic carbocycles. The van der Waals surface area contributed by atoms with Crippen LogP contribution in [0.3, 0.4) is 0 Å². The zero-order valence-corrected chi connectivity index (χ0v) is 18.3. The van der Waals surface area contributed by atoms with Crippen LogP contribution in [0.25, 0.3) is 0 Å². The van der Waals surface area contributed by atoms with Crippen LogP contribution in [0.2, 0.25) is 0 Å². The van der Waals surface area contributed by atoms with Crippen LogP contribution in [0.15, 0.2) is 66.1 Å². The number of hydrogen-bond acceptors (Lipinski definition) is 5. The topological polar surface area (TPSA) is 84.5 Å². The van der Waals surface area contributed by atoms with Crippen LogP contribution in [0.4, 0.5) is 5.69 Å². The quantitative estimate of drug-likeness (QED) is 0.591. The summed E-state index contributed by atoms with van der Waals surface area (Å²) in [6.07, 6.45) is 2.34. The third-order valence-electron chi connectivity index (χ3n) is 5.81. The molecule has 1 amide bonds. The van der Waals surface area contributed by atoms with E-state index in [1.165, 1.54) is 6.07 Å². The molecule has 0 saturated heterocycles. The number of amides is 1. The van der Waals surface area contributed by atoms with Crippen molar-refractivity contribution in [3.05, 3.63) is 66.7 Å². The van der Waals surface area contributed by atoms with Crippen molar-refractivity contribution >= 4 is 21.6 Å². The van der Waals surface area contributed by atoms with Gasteiger partial charge in [-0.15, -0.1) is 6.58 Å². The highest BCUT2D eigenvalue weighted by molar-refractivity contribution is 7.90. The molecule has 160 valence electrons. The Kier molecular flexibility index (Phi) is 6.22. The molecule has 3 rings (SSSR count). The first-order chi connectivity index (χ1) is 14.3. The number of nitrogens with one attached hydrogen (secondary N) is 2. The molecule has 2 atom stereocenters. The molecular formula is C23H28N2O4S. The largest absolute Gasteiger partial charge is 0.489 e. The van der Waals surface area contributed by atoms with Gasteiger partial charge in [0.1, 0.15) is 17.3 Å².